The normalized spacial score (nSPS) is 21.7. The summed E-state index contributed by atoms with van der Waals surface area (Å²) in [5.74, 6) is 1.93. The van der Waals surface area contributed by atoms with Crippen LogP contribution in [0.3, 0.4) is 0 Å². The van der Waals surface area contributed by atoms with Crippen molar-refractivity contribution in [2.45, 2.75) is 51.4 Å². The van der Waals surface area contributed by atoms with Crippen molar-refractivity contribution in [3.05, 3.63) is 24.2 Å². The van der Waals surface area contributed by atoms with Gasteiger partial charge < -0.3 is 10.3 Å². The van der Waals surface area contributed by atoms with Crippen LogP contribution in [-0.2, 0) is 4.79 Å². The number of H-pyrrole nitrogens is 1. The molecule has 1 amide bonds. The lowest BCUT2D eigenvalue weighted by Gasteiger charge is -2.34. The third kappa shape index (κ3) is 3.95. The summed E-state index contributed by atoms with van der Waals surface area (Å²) in [6, 6.07) is 1.85. The summed E-state index contributed by atoms with van der Waals surface area (Å²) in [7, 11) is 0. The van der Waals surface area contributed by atoms with Crippen molar-refractivity contribution < 1.29 is 9.59 Å². The first-order chi connectivity index (χ1) is 14.2. The average molecular weight is 395 g/mol. The number of fused-ring (bicyclic) bond motifs is 1. The maximum Gasteiger partial charge on any atom is 0.238 e. The highest BCUT2D eigenvalue weighted by Crippen LogP contribution is 2.38. The van der Waals surface area contributed by atoms with Crippen molar-refractivity contribution in [3.63, 3.8) is 0 Å². The van der Waals surface area contributed by atoms with Crippen LogP contribution in [0, 0.1) is 17.8 Å². The number of hydrogen-bond acceptors (Lipinski definition) is 4. The average Bonchev–Trinajstić information content (AvgIpc) is 3.32. The predicted octanol–water partition coefficient (Wildman–Crippen LogP) is 4.00. The lowest BCUT2D eigenvalue weighted by atomic mass is 9.83. The molecule has 2 N–H and O–H groups in total. The number of likely N-dealkylation sites (tertiary alicyclic amines) is 1. The molecule has 5 rings (SSSR count). The third-order valence-electron chi connectivity index (χ3n) is 7.12. The Bertz CT molecular complexity index is 903. The summed E-state index contributed by atoms with van der Waals surface area (Å²) in [5.41, 5.74) is 1.98. The quantitative estimate of drug-likeness (QED) is 0.726. The van der Waals surface area contributed by atoms with Gasteiger partial charge in [-0.2, -0.15) is 0 Å². The van der Waals surface area contributed by atoms with Gasteiger partial charge in [0.05, 0.1) is 17.7 Å². The number of aromatic amines is 1. The third-order valence-corrected chi connectivity index (χ3v) is 7.12. The minimum absolute atomic E-state index is 0.0427. The van der Waals surface area contributed by atoms with Gasteiger partial charge >= 0.3 is 0 Å². The summed E-state index contributed by atoms with van der Waals surface area (Å²) in [5, 5.41) is 3.85. The molecule has 2 aliphatic carbocycles. The van der Waals surface area contributed by atoms with Crippen LogP contribution < -0.4 is 5.32 Å². The Hall–Kier alpha value is -2.21. The SMILES string of the molecule is O=C(CN1CCC(C2CCCC2)CC1)Nc1c(C(=O)C2CC2)[nH]c2ccncc12. The van der Waals surface area contributed by atoms with Gasteiger partial charge in [0, 0.05) is 23.7 Å². The number of aromatic nitrogens is 2. The molecular weight excluding hydrogens is 364 g/mol. The zero-order chi connectivity index (χ0) is 19.8. The monoisotopic (exact) mass is 394 g/mol. The Morgan fingerprint density at radius 1 is 1.07 bits per heavy atom. The van der Waals surface area contributed by atoms with Gasteiger partial charge in [-0.15, -0.1) is 0 Å². The largest absolute Gasteiger partial charge is 0.350 e. The Kier molecular flexibility index (Phi) is 5.12. The number of carbonyl (C=O) groups is 2. The molecule has 3 fully saturated rings. The van der Waals surface area contributed by atoms with E-state index in [-0.39, 0.29) is 17.6 Å². The fraction of sp³-hybridized carbons (Fsp3) is 0.609. The van der Waals surface area contributed by atoms with E-state index in [1.165, 1.54) is 38.5 Å². The first-order valence-corrected chi connectivity index (χ1v) is 11.2. The van der Waals surface area contributed by atoms with Crippen LogP contribution in [0.2, 0.25) is 0 Å². The van der Waals surface area contributed by atoms with Gasteiger partial charge in [-0.1, -0.05) is 25.7 Å². The molecule has 154 valence electrons. The van der Waals surface area contributed by atoms with Crippen molar-refractivity contribution in [1.82, 2.24) is 14.9 Å². The highest BCUT2D eigenvalue weighted by Gasteiger charge is 2.34. The molecule has 1 saturated heterocycles. The van der Waals surface area contributed by atoms with E-state index in [9.17, 15) is 9.59 Å². The van der Waals surface area contributed by atoms with E-state index in [1.54, 1.807) is 12.4 Å². The number of amides is 1. The van der Waals surface area contributed by atoms with E-state index in [4.69, 9.17) is 0 Å². The summed E-state index contributed by atoms with van der Waals surface area (Å²) in [4.78, 5) is 35.2. The van der Waals surface area contributed by atoms with Gasteiger partial charge in [-0.05, 0) is 56.7 Å². The Labute approximate surface area is 171 Å². The summed E-state index contributed by atoms with van der Waals surface area (Å²) in [6.07, 6.45) is 13.3. The van der Waals surface area contributed by atoms with Crippen molar-refractivity contribution in [3.8, 4) is 0 Å². The maximum atomic E-state index is 12.8. The number of nitrogens with zero attached hydrogens (tertiary/aromatic N) is 2. The summed E-state index contributed by atoms with van der Waals surface area (Å²) >= 11 is 0. The molecule has 0 radical (unpaired) electrons. The van der Waals surface area contributed by atoms with Crippen molar-refractivity contribution in [2.75, 3.05) is 25.0 Å². The van der Waals surface area contributed by atoms with E-state index in [1.807, 2.05) is 6.07 Å². The molecule has 0 bridgehead atoms. The Morgan fingerprint density at radius 2 is 1.79 bits per heavy atom. The van der Waals surface area contributed by atoms with Gasteiger partial charge in [0.2, 0.25) is 5.91 Å². The number of carbonyl (C=O) groups excluding carboxylic acids is 2. The highest BCUT2D eigenvalue weighted by molar-refractivity contribution is 6.14. The van der Waals surface area contributed by atoms with Crippen molar-refractivity contribution in [1.29, 1.82) is 0 Å². The topological polar surface area (TPSA) is 78.1 Å². The number of anilines is 1. The molecule has 6 heteroatoms. The van der Waals surface area contributed by atoms with Crippen LogP contribution in [-0.4, -0.2) is 46.2 Å². The molecule has 2 aromatic rings. The predicted molar refractivity (Wildman–Crippen MR) is 113 cm³/mol. The number of pyridine rings is 1. The van der Waals surface area contributed by atoms with Gasteiger partial charge in [0.25, 0.3) is 0 Å². The van der Waals surface area contributed by atoms with Crippen LogP contribution in [0.4, 0.5) is 5.69 Å². The zero-order valence-electron chi connectivity index (χ0n) is 17.0. The summed E-state index contributed by atoms with van der Waals surface area (Å²) in [6.45, 7) is 2.39. The molecule has 3 aliphatic rings. The van der Waals surface area contributed by atoms with Crippen LogP contribution in [0.25, 0.3) is 10.9 Å². The number of nitrogens with one attached hydrogen (secondary N) is 2. The van der Waals surface area contributed by atoms with Gasteiger partial charge in [-0.3, -0.25) is 19.5 Å². The molecule has 0 atom stereocenters. The lowest BCUT2D eigenvalue weighted by Crippen LogP contribution is -2.40. The molecular formula is C23H30N4O2. The standard InChI is InChI=1S/C23H30N4O2/c28-20(14-27-11-8-16(9-12-27)15-3-1-2-4-15)26-21-18-13-24-10-7-19(18)25-22(21)23(29)17-5-6-17/h7,10,13,15-17,25H,1-6,8-9,11-12,14H2,(H,26,28). The zero-order valence-corrected chi connectivity index (χ0v) is 17.0. The van der Waals surface area contributed by atoms with Crippen molar-refractivity contribution in [2.24, 2.45) is 17.8 Å². The smallest absolute Gasteiger partial charge is 0.238 e. The lowest BCUT2D eigenvalue weighted by molar-refractivity contribution is -0.117. The number of rotatable bonds is 6. The first kappa shape index (κ1) is 18.8. The molecule has 2 aromatic heterocycles. The van der Waals surface area contributed by atoms with E-state index in [0.29, 0.717) is 17.9 Å². The fourth-order valence-electron chi connectivity index (χ4n) is 5.29. The van der Waals surface area contributed by atoms with E-state index < -0.39 is 0 Å². The van der Waals surface area contributed by atoms with E-state index in [2.05, 4.69) is 20.2 Å². The molecule has 29 heavy (non-hydrogen) atoms. The second-order valence-electron chi connectivity index (χ2n) is 9.14. The first-order valence-electron chi connectivity index (χ1n) is 11.2. The Balaban J connectivity index is 1.24. The second kappa shape index (κ2) is 7.90. The minimum Gasteiger partial charge on any atom is -0.350 e. The highest BCUT2D eigenvalue weighted by atomic mass is 16.2. The summed E-state index contributed by atoms with van der Waals surface area (Å²) < 4.78 is 0. The molecule has 0 unspecified atom stereocenters. The van der Waals surface area contributed by atoms with E-state index >= 15 is 0 Å². The second-order valence-corrected chi connectivity index (χ2v) is 9.14. The van der Waals surface area contributed by atoms with Crippen LogP contribution in [0.15, 0.2) is 18.5 Å². The maximum absolute atomic E-state index is 12.8. The van der Waals surface area contributed by atoms with Crippen molar-refractivity contribution >= 4 is 28.3 Å². The molecule has 2 saturated carbocycles. The number of Topliss-reactive ketones (excluding diaryl/α,β-unsaturated/α-hetero) is 1. The molecule has 3 heterocycles. The van der Waals surface area contributed by atoms with Gasteiger partial charge in [0.1, 0.15) is 5.69 Å². The van der Waals surface area contributed by atoms with Crippen LogP contribution in [0.5, 0.6) is 0 Å². The fourth-order valence-corrected chi connectivity index (χ4v) is 5.29. The van der Waals surface area contributed by atoms with Gasteiger partial charge in [0.15, 0.2) is 5.78 Å². The van der Waals surface area contributed by atoms with E-state index in [0.717, 1.165) is 48.7 Å². The Morgan fingerprint density at radius 3 is 2.52 bits per heavy atom. The molecule has 1 aliphatic heterocycles. The number of piperidine rings is 1. The van der Waals surface area contributed by atoms with Crippen LogP contribution in [0.1, 0.15) is 61.9 Å². The number of ketones is 1. The molecule has 0 aromatic carbocycles. The minimum atomic E-state index is -0.0427. The van der Waals surface area contributed by atoms with Gasteiger partial charge in [-0.25, -0.2) is 0 Å². The molecule has 6 nitrogen and oxygen atoms in total. The number of hydrogen-bond donors (Lipinski definition) is 2. The van der Waals surface area contributed by atoms with Crippen LogP contribution >= 0.6 is 0 Å². The molecule has 0 spiro atoms.